The zero-order chi connectivity index (χ0) is 14.0. The van der Waals surface area contributed by atoms with Gasteiger partial charge in [-0.1, -0.05) is 0 Å². The zero-order valence-electron chi connectivity index (χ0n) is 11.2. The molecule has 3 nitrogen and oxygen atoms in total. The molecule has 5 heteroatoms. The molecule has 0 aliphatic carbocycles. The Kier molecular flexibility index (Phi) is 3.83. The Hall–Kier alpha value is -1.91. The van der Waals surface area contributed by atoms with Crippen LogP contribution in [0.4, 0.5) is 14.5 Å². The van der Waals surface area contributed by atoms with Crippen molar-refractivity contribution in [2.24, 2.45) is 0 Å². The third-order valence-electron chi connectivity index (χ3n) is 3.10. The molecule has 0 aliphatic rings. The fourth-order valence-corrected chi connectivity index (χ4v) is 1.85. The van der Waals surface area contributed by atoms with Gasteiger partial charge in [-0.2, -0.15) is 5.10 Å². The average molecular weight is 265 g/mol. The van der Waals surface area contributed by atoms with Crippen LogP contribution in [-0.2, 0) is 6.54 Å². The van der Waals surface area contributed by atoms with Crippen molar-refractivity contribution in [3.05, 3.63) is 47.3 Å². The fourth-order valence-electron chi connectivity index (χ4n) is 1.85. The molecule has 1 atom stereocenters. The van der Waals surface area contributed by atoms with E-state index < -0.39 is 11.6 Å². The average Bonchev–Trinajstić information content (AvgIpc) is 2.84. The topological polar surface area (TPSA) is 29.9 Å². The van der Waals surface area contributed by atoms with Gasteiger partial charge in [-0.05, 0) is 32.4 Å². The molecule has 0 fully saturated rings. The molecule has 0 radical (unpaired) electrons. The highest BCUT2D eigenvalue weighted by Gasteiger charge is 2.12. The summed E-state index contributed by atoms with van der Waals surface area (Å²) in [7, 11) is 0. The first-order chi connectivity index (χ1) is 9.01. The maximum atomic E-state index is 13.7. The second-order valence-corrected chi connectivity index (χ2v) is 4.58. The maximum absolute atomic E-state index is 13.7. The predicted molar refractivity (Wildman–Crippen MR) is 71.0 cm³/mol. The Labute approximate surface area is 111 Å². The van der Waals surface area contributed by atoms with E-state index in [-0.39, 0.29) is 11.7 Å². The number of rotatable bonds is 4. The van der Waals surface area contributed by atoms with Gasteiger partial charge in [-0.3, -0.25) is 4.68 Å². The summed E-state index contributed by atoms with van der Waals surface area (Å²) in [5, 5.41) is 7.12. The summed E-state index contributed by atoms with van der Waals surface area (Å²) in [6.45, 7) is 6.19. The molecule has 1 heterocycles. The fraction of sp³-hybridized carbons (Fsp3) is 0.357. The van der Waals surface area contributed by atoms with Crippen molar-refractivity contribution in [3.63, 3.8) is 0 Å². The molecule has 0 saturated carbocycles. The van der Waals surface area contributed by atoms with E-state index in [0.717, 1.165) is 12.1 Å². The third-order valence-corrected chi connectivity index (χ3v) is 3.10. The lowest BCUT2D eigenvalue weighted by molar-refractivity contribution is 0.593. The lowest BCUT2D eigenvalue weighted by Crippen LogP contribution is -2.08. The molecule has 102 valence electrons. The second-order valence-electron chi connectivity index (χ2n) is 4.58. The summed E-state index contributed by atoms with van der Waals surface area (Å²) in [6, 6.07) is 2.24. The monoisotopic (exact) mass is 265 g/mol. The number of hydrogen-bond acceptors (Lipinski definition) is 2. The molecule has 2 rings (SSSR count). The van der Waals surface area contributed by atoms with Crippen LogP contribution in [0.3, 0.4) is 0 Å². The summed E-state index contributed by atoms with van der Waals surface area (Å²) in [4.78, 5) is 0. The molecular weight excluding hydrogens is 248 g/mol. The Morgan fingerprint density at radius 3 is 2.68 bits per heavy atom. The minimum absolute atomic E-state index is 0.142. The van der Waals surface area contributed by atoms with E-state index in [1.807, 2.05) is 20.0 Å². The van der Waals surface area contributed by atoms with E-state index in [9.17, 15) is 8.78 Å². The normalized spacial score (nSPS) is 12.5. The van der Waals surface area contributed by atoms with Crippen molar-refractivity contribution in [2.45, 2.75) is 33.4 Å². The minimum atomic E-state index is -0.450. The number of nitrogens with zero attached hydrogens (tertiary/aromatic N) is 2. The van der Waals surface area contributed by atoms with Gasteiger partial charge in [-0.25, -0.2) is 8.78 Å². The summed E-state index contributed by atoms with van der Waals surface area (Å²) < 4.78 is 29.0. The van der Waals surface area contributed by atoms with Crippen molar-refractivity contribution in [2.75, 3.05) is 5.32 Å². The van der Waals surface area contributed by atoms with Gasteiger partial charge in [0.1, 0.15) is 11.6 Å². The highest BCUT2D eigenvalue weighted by Crippen LogP contribution is 2.23. The highest BCUT2D eigenvalue weighted by atomic mass is 19.1. The van der Waals surface area contributed by atoms with Crippen LogP contribution in [-0.4, -0.2) is 9.78 Å². The van der Waals surface area contributed by atoms with Gasteiger partial charge in [0.05, 0.1) is 17.9 Å². The quantitative estimate of drug-likeness (QED) is 0.914. The zero-order valence-corrected chi connectivity index (χ0v) is 11.2. The minimum Gasteiger partial charge on any atom is -0.376 e. The van der Waals surface area contributed by atoms with Gasteiger partial charge in [0.2, 0.25) is 0 Å². The standard InChI is InChI=1S/C14H17F2N3/c1-4-19-8-11(7-17-19)10(3)18-14-6-12(15)9(2)5-13(14)16/h5-8,10,18H,4H2,1-3H3. The molecule has 1 aromatic carbocycles. The third kappa shape index (κ3) is 2.92. The molecule has 0 amide bonds. The first-order valence-corrected chi connectivity index (χ1v) is 6.25. The van der Waals surface area contributed by atoms with Crippen LogP contribution in [0.15, 0.2) is 24.5 Å². The molecule has 1 aromatic heterocycles. The smallest absolute Gasteiger partial charge is 0.146 e. The number of hydrogen-bond donors (Lipinski definition) is 1. The van der Waals surface area contributed by atoms with E-state index in [0.29, 0.717) is 5.56 Å². The Balaban J connectivity index is 2.18. The maximum Gasteiger partial charge on any atom is 0.146 e. The van der Waals surface area contributed by atoms with E-state index >= 15 is 0 Å². The Bertz CT molecular complexity index is 578. The van der Waals surface area contributed by atoms with Crippen LogP contribution in [0.2, 0.25) is 0 Å². The van der Waals surface area contributed by atoms with Gasteiger partial charge >= 0.3 is 0 Å². The van der Waals surface area contributed by atoms with Gasteiger partial charge in [0.25, 0.3) is 0 Å². The summed E-state index contributed by atoms with van der Waals surface area (Å²) >= 11 is 0. The first-order valence-electron chi connectivity index (χ1n) is 6.25. The van der Waals surface area contributed by atoms with Crippen LogP contribution in [0.1, 0.15) is 31.0 Å². The summed E-state index contributed by atoms with van der Waals surface area (Å²) in [5.74, 6) is -0.867. The lowest BCUT2D eigenvalue weighted by atomic mass is 10.1. The van der Waals surface area contributed by atoms with Crippen molar-refractivity contribution < 1.29 is 8.78 Å². The molecule has 0 aliphatic heterocycles. The predicted octanol–water partition coefficient (Wildman–Crippen LogP) is 3.66. The number of nitrogens with one attached hydrogen (secondary N) is 1. The molecule has 0 saturated heterocycles. The number of aryl methyl sites for hydroxylation is 2. The van der Waals surface area contributed by atoms with Gasteiger partial charge in [-0.15, -0.1) is 0 Å². The molecule has 19 heavy (non-hydrogen) atoms. The van der Waals surface area contributed by atoms with Gasteiger partial charge < -0.3 is 5.32 Å². The molecule has 2 aromatic rings. The van der Waals surface area contributed by atoms with Crippen LogP contribution in [0.25, 0.3) is 0 Å². The van der Waals surface area contributed by atoms with E-state index in [1.165, 1.54) is 19.1 Å². The molecule has 1 unspecified atom stereocenters. The number of halogens is 2. The summed E-state index contributed by atoms with van der Waals surface area (Å²) in [6.07, 6.45) is 3.61. The van der Waals surface area contributed by atoms with E-state index in [2.05, 4.69) is 10.4 Å². The largest absolute Gasteiger partial charge is 0.376 e. The van der Waals surface area contributed by atoms with Crippen LogP contribution < -0.4 is 5.32 Å². The molecule has 0 bridgehead atoms. The lowest BCUT2D eigenvalue weighted by Gasteiger charge is -2.15. The van der Waals surface area contributed by atoms with Crippen LogP contribution in [0, 0.1) is 18.6 Å². The summed E-state index contributed by atoms with van der Waals surface area (Å²) in [5.41, 5.74) is 1.40. The SMILES string of the molecule is CCn1cc(C(C)Nc2cc(F)c(C)cc2F)cn1. The van der Waals surface area contributed by atoms with Gasteiger partial charge in [0, 0.05) is 24.4 Å². The van der Waals surface area contributed by atoms with Crippen LogP contribution in [0.5, 0.6) is 0 Å². The molecule has 0 spiro atoms. The Morgan fingerprint density at radius 1 is 1.32 bits per heavy atom. The Morgan fingerprint density at radius 2 is 2.05 bits per heavy atom. The van der Waals surface area contributed by atoms with Crippen LogP contribution >= 0.6 is 0 Å². The number of anilines is 1. The van der Waals surface area contributed by atoms with Crippen molar-refractivity contribution in [1.29, 1.82) is 0 Å². The second kappa shape index (κ2) is 5.38. The van der Waals surface area contributed by atoms with Crippen molar-refractivity contribution in [1.82, 2.24) is 9.78 Å². The van der Waals surface area contributed by atoms with Gasteiger partial charge in [0.15, 0.2) is 0 Å². The molecule has 1 N–H and O–H groups in total. The van der Waals surface area contributed by atoms with Crippen molar-refractivity contribution in [3.8, 4) is 0 Å². The highest BCUT2D eigenvalue weighted by molar-refractivity contribution is 5.48. The number of benzene rings is 1. The first kappa shape index (κ1) is 13.5. The molecular formula is C14H17F2N3. The van der Waals surface area contributed by atoms with E-state index in [1.54, 1.807) is 10.9 Å². The number of aromatic nitrogens is 2. The van der Waals surface area contributed by atoms with Crippen molar-refractivity contribution >= 4 is 5.69 Å². The van der Waals surface area contributed by atoms with E-state index in [4.69, 9.17) is 0 Å².